The van der Waals surface area contributed by atoms with Crippen LogP contribution < -0.4 is 0 Å². The summed E-state index contributed by atoms with van der Waals surface area (Å²) in [4.78, 5) is 26.7. The third-order valence-electron chi connectivity index (χ3n) is 6.19. The summed E-state index contributed by atoms with van der Waals surface area (Å²) >= 11 is 0. The average molecular weight is 337 g/mol. The average Bonchev–Trinajstić information content (AvgIpc) is 2.86. The van der Waals surface area contributed by atoms with Crippen LogP contribution in [-0.4, -0.2) is 49.2 Å². The van der Waals surface area contributed by atoms with E-state index in [-0.39, 0.29) is 29.3 Å². The largest absolute Gasteiger partial charge is 0.469 e. The second-order valence-electron chi connectivity index (χ2n) is 7.78. The van der Waals surface area contributed by atoms with E-state index in [1.807, 2.05) is 0 Å². The van der Waals surface area contributed by atoms with Crippen molar-refractivity contribution in [2.24, 2.45) is 11.8 Å². The molecule has 0 radical (unpaired) electrons. The minimum absolute atomic E-state index is 0.0167. The van der Waals surface area contributed by atoms with E-state index in [2.05, 4.69) is 4.90 Å². The molecule has 1 heterocycles. The lowest BCUT2D eigenvalue weighted by Crippen LogP contribution is -2.55. The van der Waals surface area contributed by atoms with Crippen molar-refractivity contribution in [3.63, 3.8) is 0 Å². The maximum atomic E-state index is 13.0. The van der Waals surface area contributed by atoms with Crippen LogP contribution in [0.1, 0.15) is 64.2 Å². The van der Waals surface area contributed by atoms with Gasteiger partial charge in [-0.2, -0.15) is 0 Å². The van der Waals surface area contributed by atoms with Crippen molar-refractivity contribution < 1.29 is 19.1 Å². The first-order valence-electron chi connectivity index (χ1n) is 9.64. The summed E-state index contributed by atoms with van der Waals surface area (Å²) in [6, 6.07) is 0. The molecule has 2 aliphatic carbocycles. The molecule has 1 aliphatic heterocycles. The van der Waals surface area contributed by atoms with Crippen molar-refractivity contribution in [2.75, 3.05) is 26.8 Å². The second kappa shape index (κ2) is 7.85. The van der Waals surface area contributed by atoms with Crippen molar-refractivity contribution in [2.45, 2.75) is 69.8 Å². The van der Waals surface area contributed by atoms with E-state index in [0.29, 0.717) is 6.61 Å². The standard InChI is InChI=1S/C19H31NO4/c1-23-18(22)16-8-6-15(7-9-16)17(21)20-12-13-24-19(14-20)10-4-2-3-5-11-19/h15-16H,2-14H2,1H3. The van der Waals surface area contributed by atoms with Crippen LogP contribution in [-0.2, 0) is 19.1 Å². The summed E-state index contributed by atoms with van der Waals surface area (Å²) in [5.74, 6) is 0.221. The Labute approximate surface area is 145 Å². The van der Waals surface area contributed by atoms with Gasteiger partial charge >= 0.3 is 5.97 Å². The number of morpholine rings is 1. The quantitative estimate of drug-likeness (QED) is 0.727. The molecule has 3 fully saturated rings. The van der Waals surface area contributed by atoms with Crippen LogP contribution in [0.5, 0.6) is 0 Å². The molecule has 2 saturated carbocycles. The Morgan fingerprint density at radius 3 is 2.25 bits per heavy atom. The maximum absolute atomic E-state index is 13.0. The number of hydrogen-bond donors (Lipinski definition) is 0. The molecule has 0 aromatic rings. The van der Waals surface area contributed by atoms with Crippen LogP contribution in [0, 0.1) is 11.8 Å². The predicted molar refractivity (Wildman–Crippen MR) is 90.4 cm³/mol. The van der Waals surface area contributed by atoms with E-state index in [1.54, 1.807) is 0 Å². The Balaban J connectivity index is 1.56. The Morgan fingerprint density at radius 2 is 1.62 bits per heavy atom. The van der Waals surface area contributed by atoms with E-state index in [9.17, 15) is 9.59 Å². The van der Waals surface area contributed by atoms with Crippen molar-refractivity contribution in [3.05, 3.63) is 0 Å². The highest BCUT2D eigenvalue weighted by molar-refractivity contribution is 5.80. The number of methoxy groups -OCH3 is 1. The van der Waals surface area contributed by atoms with Gasteiger partial charge in [-0.1, -0.05) is 25.7 Å². The van der Waals surface area contributed by atoms with Gasteiger partial charge in [0.25, 0.3) is 0 Å². The van der Waals surface area contributed by atoms with E-state index in [1.165, 1.54) is 32.8 Å². The minimum atomic E-state index is -0.121. The first-order valence-corrected chi connectivity index (χ1v) is 9.64. The third kappa shape index (κ3) is 3.93. The van der Waals surface area contributed by atoms with E-state index in [4.69, 9.17) is 9.47 Å². The van der Waals surface area contributed by atoms with Crippen LogP contribution in [0.3, 0.4) is 0 Å². The fraction of sp³-hybridized carbons (Fsp3) is 0.895. The number of esters is 1. The van der Waals surface area contributed by atoms with Gasteiger partial charge in [-0.25, -0.2) is 0 Å². The van der Waals surface area contributed by atoms with E-state index < -0.39 is 0 Å². The highest BCUT2D eigenvalue weighted by Crippen LogP contribution is 2.36. The van der Waals surface area contributed by atoms with Gasteiger partial charge in [0.2, 0.25) is 5.91 Å². The molecule has 1 amide bonds. The van der Waals surface area contributed by atoms with Crippen LogP contribution in [0.15, 0.2) is 0 Å². The first-order chi connectivity index (χ1) is 11.6. The van der Waals surface area contributed by atoms with Crippen LogP contribution in [0.25, 0.3) is 0 Å². The SMILES string of the molecule is COC(=O)C1CCC(C(=O)N2CCOC3(CCCCCC3)C2)CC1. The molecule has 5 heteroatoms. The molecule has 0 aromatic carbocycles. The molecule has 1 saturated heterocycles. The van der Waals surface area contributed by atoms with Crippen LogP contribution in [0.4, 0.5) is 0 Å². The molecule has 3 aliphatic rings. The summed E-state index contributed by atoms with van der Waals surface area (Å²) in [7, 11) is 1.44. The lowest BCUT2D eigenvalue weighted by Gasteiger charge is -2.44. The van der Waals surface area contributed by atoms with Crippen LogP contribution >= 0.6 is 0 Å². The van der Waals surface area contributed by atoms with Crippen molar-refractivity contribution in [1.29, 1.82) is 0 Å². The van der Waals surface area contributed by atoms with E-state index >= 15 is 0 Å². The number of amides is 1. The van der Waals surface area contributed by atoms with Crippen molar-refractivity contribution >= 4 is 11.9 Å². The smallest absolute Gasteiger partial charge is 0.308 e. The topological polar surface area (TPSA) is 55.8 Å². The van der Waals surface area contributed by atoms with Gasteiger partial charge in [-0.05, 0) is 38.5 Å². The highest BCUT2D eigenvalue weighted by atomic mass is 16.5. The molecule has 3 rings (SSSR count). The van der Waals surface area contributed by atoms with Crippen molar-refractivity contribution in [1.82, 2.24) is 4.90 Å². The normalized spacial score (nSPS) is 30.6. The third-order valence-corrected chi connectivity index (χ3v) is 6.19. The molecule has 1 spiro atoms. The number of nitrogens with zero attached hydrogens (tertiary/aromatic N) is 1. The zero-order chi connectivity index (χ0) is 17.0. The summed E-state index contributed by atoms with van der Waals surface area (Å²) < 4.78 is 11.0. The van der Waals surface area contributed by atoms with Gasteiger partial charge in [0.1, 0.15) is 0 Å². The van der Waals surface area contributed by atoms with Gasteiger partial charge in [0, 0.05) is 19.0 Å². The first kappa shape index (κ1) is 17.7. The fourth-order valence-corrected chi connectivity index (χ4v) is 4.71. The van der Waals surface area contributed by atoms with Gasteiger partial charge in [0.15, 0.2) is 0 Å². The summed E-state index contributed by atoms with van der Waals surface area (Å²) in [5.41, 5.74) is -0.0897. The molecule has 0 aromatic heterocycles. The van der Waals surface area contributed by atoms with Gasteiger partial charge in [-0.15, -0.1) is 0 Å². The van der Waals surface area contributed by atoms with Crippen molar-refractivity contribution in [3.8, 4) is 0 Å². The summed E-state index contributed by atoms with van der Waals surface area (Å²) in [6.07, 6.45) is 10.4. The van der Waals surface area contributed by atoms with Crippen LogP contribution in [0.2, 0.25) is 0 Å². The lowest BCUT2D eigenvalue weighted by atomic mass is 9.81. The molecule has 5 nitrogen and oxygen atoms in total. The fourth-order valence-electron chi connectivity index (χ4n) is 4.71. The molecule has 0 atom stereocenters. The summed E-state index contributed by atoms with van der Waals surface area (Å²) in [6.45, 7) is 2.16. The number of carbonyl (C=O) groups is 2. The molecular weight excluding hydrogens is 306 g/mol. The molecular formula is C19H31NO4. The monoisotopic (exact) mass is 337 g/mol. The number of ether oxygens (including phenoxy) is 2. The zero-order valence-electron chi connectivity index (χ0n) is 14.9. The molecule has 136 valence electrons. The molecule has 0 N–H and O–H groups in total. The highest BCUT2D eigenvalue weighted by Gasteiger charge is 2.40. The van der Waals surface area contributed by atoms with Gasteiger partial charge in [0.05, 0.1) is 25.2 Å². The Bertz CT molecular complexity index is 448. The Kier molecular flexibility index (Phi) is 5.80. The molecule has 0 unspecified atom stereocenters. The van der Waals surface area contributed by atoms with Gasteiger partial charge < -0.3 is 14.4 Å². The second-order valence-corrected chi connectivity index (χ2v) is 7.78. The minimum Gasteiger partial charge on any atom is -0.469 e. The zero-order valence-corrected chi connectivity index (χ0v) is 14.9. The number of hydrogen-bond acceptors (Lipinski definition) is 4. The predicted octanol–water partition coefficient (Wildman–Crippen LogP) is 2.92. The summed E-state index contributed by atoms with van der Waals surface area (Å²) in [5, 5.41) is 0. The van der Waals surface area contributed by atoms with E-state index in [0.717, 1.165) is 51.6 Å². The lowest BCUT2D eigenvalue weighted by molar-refractivity contribution is -0.159. The maximum Gasteiger partial charge on any atom is 0.308 e. The number of rotatable bonds is 2. The Morgan fingerprint density at radius 1 is 1.00 bits per heavy atom. The molecule has 24 heavy (non-hydrogen) atoms. The molecule has 0 bridgehead atoms. The van der Waals surface area contributed by atoms with Gasteiger partial charge in [-0.3, -0.25) is 9.59 Å². The Hall–Kier alpha value is -1.10. The number of carbonyl (C=O) groups excluding carboxylic acids is 2.